The number of aryl methyl sites for hydroxylation is 2. The number of thiazole rings is 1. The number of anilines is 2. The first-order chi connectivity index (χ1) is 15.1. The normalized spacial score (nSPS) is 16.6. The zero-order chi connectivity index (χ0) is 21.8. The van der Waals surface area contributed by atoms with Gasteiger partial charge in [0.05, 0.1) is 12.8 Å². The first-order valence-corrected chi connectivity index (χ1v) is 11.7. The number of rotatable bonds is 7. The number of hydrogen-bond donors (Lipinski definition) is 2. The number of benzene rings is 2. The maximum absolute atomic E-state index is 5.67. The summed E-state index contributed by atoms with van der Waals surface area (Å²) in [7, 11) is 3.82. The van der Waals surface area contributed by atoms with Gasteiger partial charge < -0.3 is 25.7 Å². The maximum Gasteiger partial charge on any atom is 0.190 e. The van der Waals surface area contributed by atoms with E-state index in [1.54, 1.807) is 18.4 Å². The van der Waals surface area contributed by atoms with Crippen LogP contribution in [0.3, 0.4) is 0 Å². The lowest BCUT2D eigenvalue weighted by atomic mass is 9.92. The Morgan fingerprint density at radius 2 is 1.83 bits per heavy atom. The van der Waals surface area contributed by atoms with Crippen LogP contribution < -0.4 is 20.3 Å². The van der Waals surface area contributed by atoms with Crippen molar-refractivity contribution in [1.82, 2.24) is 15.6 Å². The third kappa shape index (κ3) is 7.95. The number of aromatic nitrogens is 1. The Labute approximate surface area is 231 Å². The van der Waals surface area contributed by atoms with Crippen molar-refractivity contribution in [3.05, 3.63) is 70.2 Å². The Hall–Kier alpha value is -1.58. The molecule has 196 valence electrons. The minimum absolute atomic E-state index is 0. The van der Waals surface area contributed by atoms with Gasteiger partial charge in [-0.25, -0.2) is 4.98 Å². The second-order valence-corrected chi connectivity index (χ2v) is 9.35. The molecule has 4 rings (SSSR count). The van der Waals surface area contributed by atoms with Crippen LogP contribution in [0.1, 0.15) is 40.6 Å². The number of ether oxygens (including phenoxy) is 1. The van der Waals surface area contributed by atoms with Gasteiger partial charge in [0.1, 0.15) is 5.75 Å². The standard InChI is InChI=1S/C25H32N4OS.3ClH.H2O/c1-17-18(2)31-25(28-17)29(3)21-12-13-23(30-4)20(15-21)16-27-22-11-8-14-26-24(22)19-9-6-5-7-10-19;;;;/h5-7,9-10,12-13,15,22,24,26-27H,8,11,14,16H2,1-4H3;3*1H;1H2/t22-,24-;;;;/m0..../s1. The first kappa shape index (κ1) is 33.4. The van der Waals surface area contributed by atoms with Gasteiger partial charge in [0.15, 0.2) is 5.13 Å². The van der Waals surface area contributed by atoms with Crippen LogP contribution in [0.25, 0.3) is 0 Å². The summed E-state index contributed by atoms with van der Waals surface area (Å²) in [4.78, 5) is 8.12. The summed E-state index contributed by atoms with van der Waals surface area (Å²) in [6.07, 6.45) is 2.34. The van der Waals surface area contributed by atoms with E-state index in [0.717, 1.165) is 47.3 Å². The molecule has 1 fully saturated rings. The summed E-state index contributed by atoms with van der Waals surface area (Å²) in [5, 5.41) is 8.52. The molecule has 3 aromatic rings. The molecule has 0 saturated carbocycles. The van der Waals surface area contributed by atoms with E-state index in [4.69, 9.17) is 9.72 Å². The van der Waals surface area contributed by atoms with Crippen molar-refractivity contribution in [2.75, 3.05) is 25.6 Å². The van der Waals surface area contributed by atoms with Crippen LogP contribution in [0.5, 0.6) is 5.75 Å². The van der Waals surface area contributed by atoms with Gasteiger partial charge in [-0.2, -0.15) is 0 Å². The third-order valence-corrected chi connectivity index (χ3v) is 7.28. The Bertz CT molecular complexity index is 1000. The zero-order valence-electron chi connectivity index (χ0n) is 20.5. The van der Waals surface area contributed by atoms with Crippen LogP contribution in [0.15, 0.2) is 48.5 Å². The maximum atomic E-state index is 5.67. The van der Waals surface area contributed by atoms with E-state index in [2.05, 4.69) is 85.0 Å². The molecule has 10 heteroatoms. The molecule has 1 saturated heterocycles. The molecule has 6 nitrogen and oxygen atoms in total. The summed E-state index contributed by atoms with van der Waals surface area (Å²) in [6.45, 7) is 6.01. The van der Waals surface area contributed by atoms with Crippen molar-refractivity contribution in [2.45, 2.75) is 45.3 Å². The fourth-order valence-corrected chi connectivity index (χ4v) is 5.07. The number of methoxy groups -OCH3 is 1. The third-order valence-electron chi connectivity index (χ3n) is 6.13. The summed E-state index contributed by atoms with van der Waals surface area (Å²) < 4.78 is 5.67. The van der Waals surface area contributed by atoms with Crippen molar-refractivity contribution >= 4 is 59.4 Å². The van der Waals surface area contributed by atoms with E-state index in [1.807, 2.05) is 0 Å². The van der Waals surface area contributed by atoms with Crippen LogP contribution in [-0.2, 0) is 6.54 Å². The average Bonchev–Trinajstić information content (AvgIpc) is 3.16. The van der Waals surface area contributed by atoms with Gasteiger partial charge in [0.2, 0.25) is 0 Å². The molecule has 2 atom stereocenters. The summed E-state index contributed by atoms with van der Waals surface area (Å²) >= 11 is 1.73. The Morgan fingerprint density at radius 3 is 2.46 bits per heavy atom. The number of nitrogens with one attached hydrogen (secondary N) is 2. The largest absolute Gasteiger partial charge is 0.496 e. The number of hydrogen-bond acceptors (Lipinski definition) is 6. The van der Waals surface area contributed by atoms with Gasteiger partial charge in [-0.1, -0.05) is 30.3 Å². The van der Waals surface area contributed by atoms with Crippen molar-refractivity contribution in [1.29, 1.82) is 0 Å². The minimum Gasteiger partial charge on any atom is -0.496 e. The second-order valence-electron chi connectivity index (χ2n) is 8.17. The highest BCUT2D eigenvalue weighted by Gasteiger charge is 2.26. The molecule has 35 heavy (non-hydrogen) atoms. The van der Waals surface area contributed by atoms with Gasteiger partial charge in [-0.3, -0.25) is 0 Å². The van der Waals surface area contributed by atoms with E-state index in [1.165, 1.54) is 16.9 Å². The highest BCUT2D eigenvalue weighted by atomic mass is 35.5. The van der Waals surface area contributed by atoms with E-state index in [-0.39, 0.29) is 42.7 Å². The Balaban J connectivity index is 0.00000289. The second kappa shape index (κ2) is 15.5. The molecule has 0 aliphatic carbocycles. The molecular weight excluding hydrogens is 527 g/mol. The fraction of sp³-hybridized carbons (Fsp3) is 0.400. The van der Waals surface area contributed by atoms with Gasteiger partial charge >= 0.3 is 0 Å². The predicted molar refractivity (Wildman–Crippen MR) is 155 cm³/mol. The smallest absolute Gasteiger partial charge is 0.190 e. The summed E-state index contributed by atoms with van der Waals surface area (Å²) in [5.74, 6) is 0.913. The van der Waals surface area contributed by atoms with Crippen molar-refractivity contribution in [3.63, 3.8) is 0 Å². The molecule has 1 aliphatic rings. The lowest BCUT2D eigenvalue weighted by molar-refractivity contribution is 0.303. The Kier molecular flexibility index (Phi) is 14.8. The van der Waals surface area contributed by atoms with Crippen LogP contribution in [0.4, 0.5) is 10.8 Å². The average molecular weight is 564 g/mol. The summed E-state index contributed by atoms with van der Waals surface area (Å²) in [5.41, 5.74) is 4.72. The van der Waals surface area contributed by atoms with Crippen molar-refractivity contribution in [3.8, 4) is 5.75 Å². The van der Waals surface area contributed by atoms with E-state index >= 15 is 0 Å². The van der Waals surface area contributed by atoms with Gasteiger partial charge in [-0.05, 0) is 57.0 Å². The zero-order valence-corrected chi connectivity index (χ0v) is 23.8. The minimum atomic E-state index is 0. The molecule has 2 heterocycles. The SMILES string of the molecule is COc1ccc(N(C)c2nc(C)c(C)s2)cc1CN[C@H]1CCCN[C@H]1c1ccccc1.Cl.Cl.Cl.O. The van der Waals surface area contributed by atoms with Crippen molar-refractivity contribution in [2.24, 2.45) is 0 Å². The number of piperidine rings is 1. The number of nitrogens with zero attached hydrogens (tertiary/aromatic N) is 2. The predicted octanol–water partition coefficient (Wildman–Crippen LogP) is 5.56. The van der Waals surface area contributed by atoms with E-state index in [9.17, 15) is 0 Å². The molecule has 2 aromatic carbocycles. The fourth-order valence-electron chi connectivity index (χ4n) is 4.18. The van der Waals surface area contributed by atoms with Gasteiger partial charge in [0.25, 0.3) is 0 Å². The van der Waals surface area contributed by atoms with Crippen molar-refractivity contribution < 1.29 is 10.2 Å². The van der Waals surface area contributed by atoms with E-state index in [0.29, 0.717) is 12.1 Å². The topological polar surface area (TPSA) is 80.9 Å². The Morgan fingerprint density at radius 1 is 1.11 bits per heavy atom. The quantitative estimate of drug-likeness (QED) is 0.393. The molecule has 0 radical (unpaired) electrons. The van der Waals surface area contributed by atoms with Crippen LogP contribution in [0.2, 0.25) is 0 Å². The molecular formula is C25H37Cl3N4O2S. The highest BCUT2D eigenvalue weighted by Crippen LogP contribution is 2.33. The monoisotopic (exact) mass is 562 g/mol. The van der Waals surface area contributed by atoms with E-state index < -0.39 is 0 Å². The molecule has 1 aromatic heterocycles. The molecule has 0 spiro atoms. The molecule has 0 amide bonds. The molecule has 0 bridgehead atoms. The first-order valence-electron chi connectivity index (χ1n) is 10.9. The molecule has 1 aliphatic heterocycles. The lowest BCUT2D eigenvalue weighted by Crippen LogP contribution is -2.45. The lowest BCUT2D eigenvalue weighted by Gasteiger charge is -2.34. The van der Waals surface area contributed by atoms with Gasteiger partial charge in [0, 0.05) is 41.8 Å². The van der Waals surface area contributed by atoms with Crippen LogP contribution in [0, 0.1) is 13.8 Å². The molecule has 0 unspecified atom stereocenters. The molecule has 4 N–H and O–H groups in total. The highest BCUT2D eigenvalue weighted by molar-refractivity contribution is 7.15. The summed E-state index contributed by atoms with van der Waals surface area (Å²) in [6, 6.07) is 17.8. The van der Waals surface area contributed by atoms with Gasteiger partial charge in [-0.15, -0.1) is 48.6 Å². The number of halogens is 3. The van der Waals surface area contributed by atoms with Crippen LogP contribution >= 0.6 is 48.6 Å². The van der Waals surface area contributed by atoms with Crippen LogP contribution in [-0.4, -0.2) is 37.2 Å².